The molecule has 2 saturated heterocycles. The van der Waals surface area contributed by atoms with Crippen LogP contribution in [-0.2, 0) is 0 Å². The van der Waals surface area contributed by atoms with Gasteiger partial charge in [-0.25, -0.2) is 0 Å². The molecule has 0 aliphatic carbocycles. The highest BCUT2D eigenvalue weighted by atomic mass is 15.1. The molecule has 0 amide bonds. The van der Waals surface area contributed by atoms with Gasteiger partial charge in [0.25, 0.3) is 0 Å². The molecule has 88 valence electrons. The van der Waals surface area contributed by atoms with Crippen LogP contribution in [0.15, 0.2) is 0 Å². The Balaban J connectivity index is 1.61. The van der Waals surface area contributed by atoms with E-state index in [1.165, 1.54) is 71.4 Å². The van der Waals surface area contributed by atoms with E-state index in [-0.39, 0.29) is 0 Å². The molecule has 0 spiro atoms. The normalized spacial score (nSPS) is 29.8. The molecule has 0 N–H and O–H groups in total. The molecule has 2 fully saturated rings. The van der Waals surface area contributed by atoms with Gasteiger partial charge in [-0.3, -0.25) is 0 Å². The van der Waals surface area contributed by atoms with Crippen molar-refractivity contribution < 1.29 is 0 Å². The molecule has 0 aromatic heterocycles. The first kappa shape index (κ1) is 11.4. The van der Waals surface area contributed by atoms with Gasteiger partial charge in [0, 0.05) is 6.54 Å². The maximum Gasteiger partial charge on any atom is 0.00105 e. The van der Waals surface area contributed by atoms with Crippen molar-refractivity contribution in [3.8, 4) is 0 Å². The fourth-order valence-electron chi connectivity index (χ4n) is 2.98. The van der Waals surface area contributed by atoms with Crippen LogP contribution in [0.1, 0.15) is 39.0 Å². The van der Waals surface area contributed by atoms with Crippen LogP contribution in [-0.4, -0.2) is 49.1 Å². The lowest BCUT2D eigenvalue weighted by Crippen LogP contribution is -2.32. The Morgan fingerprint density at radius 3 is 2.47 bits per heavy atom. The standard InChI is InChI=1S/C13H26N2/c1-2-14-10-6-13(12-14)7-11-15-8-4-3-5-9-15/h13H,2-12H2,1H3. The van der Waals surface area contributed by atoms with E-state index in [0.717, 1.165) is 5.92 Å². The van der Waals surface area contributed by atoms with Crippen LogP contribution in [0.5, 0.6) is 0 Å². The fourth-order valence-corrected chi connectivity index (χ4v) is 2.98. The lowest BCUT2D eigenvalue weighted by Gasteiger charge is -2.27. The van der Waals surface area contributed by atoms with Gasteiger partial charge in [-0.05, 0) is 64.3 Å². The molecule has 0 bridgehead atoms. The first-order valence-electron chi connectivity index (χ1n) is 6.83. The SMILES string of the molecule is CCN1CCC(CCN2CCCCC2)C1. The average molecular weight is 210 g/mol. The van der Waals surface area contributed by atoms with Gasteiger partial charge in [-0.15, -0.1) is 0 Å². The van der Waals surface area contributed by atoms with Gasteiger partial charge >= 0.3 is 0 Å². The van der Waals surface area contributed by atoms with Crippen LogP contribution in [0.4, 0.5) is 0 Å². The predicted molar refractivity (Wildman–Crippen MR) is 65.1 cm³/mol. The molecule has 2 aliphatic heterocycles. The number of hydrogen-bond donors (Lipinski definition) is 0. The number of likely N-dealkylation sites (tertiary alicyclic amines) is 2. The summed E-state index contributed by atoms with van der Waals surface area (Å²) in [5.74, 6) is 0.992. The predicted octanol–water partition coefficient (Wildman–Crippen LogP) is 2.20. The molecule has 2 nitrogen and oxygen atoms in total. The zero-order valence-electron chi connectivity index (χ0n) is 10.2. The minimum absolute atomic E-state index is 0.992. The van der Waals surface area contributed by atoms with Gasteiger partial charge < -0.3 is 9.80 Å². The van der Waals surface area contributed by atoms with Crippen molar-refractivity contribution in [2.45, 2.75) is 39.0 Å². The summed E-state index contributed by atoms with van der Waals surface area (Å²) in [6.45, 7) is 10.3. The number of rotatable bonds is 4. The van der Waals surface area contributed by atoms with E-state index in [4.69, 9.17) is 0 Å². The van der Waals surface area contributed by atoms with E-state index in [1.807, 2.05) is 0 Å². The molecule has 15 heavy (non-hydrogen) atoms. The molecule has 1 unspecified atom stereocenters. The zero-order valence-corrected chi connectivity index (χ0v) is 10.2. The molecule has 2 rings (SSSR count). The lowest BCUT2D eigenvalue weighted by atomic mass is 10.0. The summed E-state index contributed by atoms with van der Waals surface area (Å²) in [4.78, 5) is 5.28. The molecule has 0 aromatic rings. The third-order valence-corrected chi connectivity index (χ3v) is 4.12. The monoisotopic (exact) mass is 210 g/mol. The number of piperidine rings is 1. The van der Waals surface area contributed by atoms with Crippen LogP contribution >= 0.6 is 0 Å². The van der Waals surface area contributed by atoms with Crippen LogP contribution in [0.3, 0.4) is 0 Å². The summed E-state index contributed by atoms with van der Waals surface area (Å²) in [5.41, 5.74) is 0. The van der Waals surface area contributed by atoms with Gasteiger partial charge in [-0.1, -0.05) is 13.3 Å². The van der Waals surface area contributed by atoms with Gasteiger partial charge in [0.05, 0.1) is 0 Å². The summed E-state index contributed by atoms with van der Waals surface area (Å²) < 4.78 is 0. The summed E-state index contributed by atoms with van der Waals surface area (Å²) in [6.07, 6.45) is 7.22. The van der Waals surface area contributed by atoms with Crippen LogP contribution < -0.4 is 0 Å². The molecule has 2 heterocycles. The van der Waals surface area contributed by atoms with Gasteiger partial charge in [0.2, 0.25) is 0 Å². The molecular weight excluding hydrogens is 184 g/mol. The van der Waals surface area contributed by atoms with Crippen molar-refractivity contribution in [3.05, 3.63) is 0 Å². The van der Waals surface area contributed by atoms with Crippen molar-refractivity contribution in [1.82, 2.24) is 9.80 Å². The van der Waals surface area contributed by atoms with E-state index in [9.17, 15) is 0 Å². The summed E-state index contributed by atoms with van der Waals surface area (Å²) in [6, 6.07) is 0. The van der Waals surface area contributed by atoms with Crippen molar-refractivity contribution in [3.63, 3.8) is 0 Å². The maximum absolute atomic E-state index is 2.68. The molecule has 2 heteroatoms. The quantitative estimate of drug-likeness (QED) is 0.702. The van der Waals surface area contributed by atoms with Crippen molar-refractivity contribution >= 4 is 0 Å². The second kappa shape index (κ2) is 5.86. The minimum Gasteiger partial charge on any atom is -0.303 e. The average Bonchev–Trinajstić information content (AvgIpc) is 2.76. The van der Waals surface area contributed by atoms with E-state index in [0.29, 0.717) is 0 Å². The first-order chi connectivity index (χ1) is 7.38. The van der Waals surface area contributed by atoms with Crippen LogP contribution in [0.25, 0.3) is 0 Å². The molecule has 2 aliphatic rings. The van der Waals surface area contributed by atoms with Gasteiger partial charge in [-0.2, -0.15) is 0 Å². The highest BCUT2D eigenvalue weighted by molar-refractivity contribution is 4.76. The Morgan fingerprint density at radius 2 is 1.80 bits per heavy atom. The first-order valence-corrected chi connectivity index (χ1v) is 6.83. The highest BCUT2D eigenvalue weighted by Crippen LogP contribution is 2.20. The van der Waals surface area contributed by atoms with Crippen molar-refractivity contribution in [2.75, 3.05) is 39.3 Å². The largest absolute Gasteiger partial charge is 0.303 e. The van der Waals surface area contributed by atoms with Crippen molar-refractivity contribution in [1.29, 1.82) is 0 Å². The Labute approximate surface area is 94.6 Å². The van der Waals surface area contributed by atoms with E-state index >= 15 is 0 Å². The zero-order chi connectivity index (χ0) is 10.5. The second-order valence-corrected chi connectivity index (χ2v) is 5.24. The summed E-state index contributed by atoms with van der Waals surface area (Å²) in [5, 5.41) is 0. The number of hydrogen-bond acceptors (Lipinski definition) is 2. The Kier molecular flexibility index (Phi) is 4.45. The summed E-state index contributed by atoms with van der Waals surface area (Å²) >= 11 is 0. The maximum atomic E-state index is 2.68. The second-order valence-electron chi connectivity index (χ2n) is 5.24. The van der Waals surface area contributed by atoms with Gasteiger partial charge in [0.15, 0.2) is 0 Å². The third-order valence-electron chi connectivity index (χ3n) is 4.12. The smallest absolute Gasteiger partial charge is 0.00105 e. The van der Waals surface area contributed by atoms with Gasteiger partial charge in [0.1, 0.15) is 0 Å². The molecular formula is C13H26N2. The fraction of sp³-hybridized carbons (Fsp3) is 1.00. The highest BCUT2D eigenvalue weighted by Gasteiger charge is 2.21. The molecule has 0 aromatic carbocycles. The van der Waals surface area contributed by atoms with E-state index < -0.39 is 0 Å². The minimum atomic E-state index is 0.992. The van der Waals surface area contributed by atoms with Crippen molar-refractivity contribution in [2.24, 2.45) is 5.92 Å². The molecule has 0 radical (unpaired) electrons. The Morgan fingerprint density at radius 1 is 1.00 bits per heavy atom. The molecule has 1 atom stereocenters. The lowest BCUT2D eigenvalue weighted by molar-refractivity contribution is 0.212. The summed E-state index contributed by atoms with van der Waals surface area (Å²) in [7, 11) is 0. The Bertz CT molecular complexity index is 175. The van der Waals surface area contributed by atoms with Crippen LogP contribution in [0, 0.1) is 5.92 Å². The Hall–Kier alpha value is -0.0800. The number of nitrogens with zero attached hydrogens (tertiary/aromatic N) is 2. The van der Waals surface area contributed by atoms with E-state index in [2.05, 4.69) is 16.7 Å². The molecule has 0 saturated carbocycles. The van der Waals surface area contributed by atoms with Crippen LogP contribution in [0.2, 0.25) is 0 Å². The third kappa shape index (κ3) is 3.46. The van der Waals surface area contributed by atoms with E-state index in [1.54, 1.807) is 0 Å². The topological polar surface area (TPSA) is 6.48 Å².